The molecule has 0 aliphatic heterocycles. The average molecular weight is 272 g/mol. The van der Waals surface area contributed by atoms with Crippen LogP contribution in [0.5, 0.6) is 0 Å². The Morgan fingerprint density at radius 2 is 1.75 bits per heavy atom. The number of carbonyl (C=O) groups excluding carboxylic acids is 1. The van der Waals surface area contributed by atoms with Crippen LogP contribution in [0.4, 0.5) is 0 Å². The van der Waals surface area contributed by atoms with Gasteiger partial charge in [0.1, 0.15) is 0 Å². The molecule has 3 saturated carbocycles. The summed E-state index contributed by atoms with van der Waals surface area (Å²) in [5.41, 5.74) is 3.37. The predicted molar refractivity (Wildman–Crippen MR) is 81.3 cm³/mol. The Hall–Kier alpha value is -0.590. The highest BCUT2D eigenvalue weighted by Gasteiger charge is 2.67. The summed E-state index contributed by atoms with van der Waals surface area (Å²) in [7, 11) is 0. The van der Waals surface area contributed by atoms with E-state index in [9.17, 15) is 4.79 Å². The molecule has 0 heterocycles. The zero-order chi connectivity index (χ0) is 14.1. The molecule has 0 aromatic rings. The number of hydrogen-bond donors (Lipinski definition) is 0. The number of ketones is 1. The molecule has 0 amide bonds. The number of carbonyl (C=O) groups is 1. The lowest BCUT2D eigenvalue weighted by Crippen LogP contribution is -2.48. The maximum absolute atomic E-state index is 12.5. The van der Waals surface area contributed by atoms with Crippen molar-refractivity contribution in [2.75, 3.05) is 0 Å². The first-order valence-electron chi connectivity index (χ1n) is 8.72. The molecule has 110 valence electrons. The Balaban J connectivity index is 1.85. The molecule has 4 aliphatic rings. The van der Waals surface area contributed by atoms with Gasteiger partial charge in [-0.1, -0.05) is 45.1 Å². The van der Waals surface area contributed by atoms with Gasteiger partial charge in [-0.05, 0) is 54.9 Å². The van der Waals surface area contributed by atoms with Crippen molar-refractivity contribution in [2.45, 2.75) is 72.1 Å². The molecule has 0 aromatic heterocycles. The first-order chi connectivity index (χ1) is 9.48. The minimum Gasteiger partial charge on any atom is -0.295 e. The molecule has 3 unspecified atom stereocenters. The second kappa shape index (κ2) is 3.99. The number of fused-ring (bicyclic) bond motifs is 1. The van der Waals surface area contributed by atoms with Crippen molar-refractivity contribution in [1.82, 2.24) is 0 Å². The van der Waals surface area contributed by atoms with Crippen LogP contribution in [0, 0.1) is 28.6 Å². The van der Waals surface area contributed by atoms with Gasteiger partial charge >= 0.3 is 0 Å². The molecule has 2 bridgehead atoms. The van der Waals surface area contributed by atoms with Crippen molar-refractivity contribution in [3.63, 3.8) is 0 Å². The fourth-order valence-electron chi connectivity index (χ4n) is 6.73. The van der Waals surface area contributed by atoms with Gasteiger partial charge in [0.2, 0.25) is 0 Å². The molecule has 0 N–H and O–H groups in total. The summed E-state index contributed by atoms with van der Waals surface area (Å²) in [6.07, 6.45) is 10.6. The molecule has 0 aromatic carbocycles. The Morgan fingerprint density at radius 3 is 2.45 bits per heavy atom. The van der Waals surface area contributed by atoms with Gasteiger partial charge in [0.25, 0.3) is 0 Å². The maximum Gasteiger partial charge on any atom is 0.159 e. The van der Waals surface area contributed by atoms with Gasteiger partial charge in [-0.2, -0.15) is 0 Å². The van der Waals surface area contributed by atoms with Gasteiger partial charge in [0.05, 0.1) is 0 Å². The highest BCUT2D eigenvalue weighted by atomic mass is 16.1. The lowest BCUT2D eigenvalue weighted by Gasteiger charge is -2.54. The third kappa shape index (κ3) is 1.33. The Labute approximate surface area is 123 Å². The normalized spacial score (nSPS) is 43.5. The molecule has 4 rings (SSSR count). The monoisotopic (exact) mass is 272 g/mol. The van der Waals surface area contributed by atoms with E-state index in [0.717, 1.165) is 29.7 Å². The minimum atomic E-state index is 0.256. The van der Waals surface area contributed by atoms with E-state index in [1.165, 1.54) is 44.9 Å². The third-order valence-corrected chi connectivity index (χ3v) is 7.90. The van der Waals surface area contributed by atoms with E-state index in [4.69, 9.17) is 0 Å². The Bertz CT molecular complexity index is 492. The van der Waals surface area contributed by atoms with E-state index in [1.54, 1.807) is 5.57 Å². The molecule has 0 saturated heterocycles. The zero-order valence-electron chi connectivity index (χ0n) is 13.3. The van der Waals surface area contributed by atoms with Crippen molar-refractivity contribution < 1.29 is 4.79 Å². The van der Waals surface area contributed by atoms with E-state index < -0.39 is 0 Å². The molecule has 1 spiro atoms. The van der Waals surface area contributed by atoms with Crippen LogP contribution >= 0.6 is 0 Å². The van der Waals surface area contributed by atoms with Gasteiger partial charge < -0.3 is 0 Å². The Kier molecular flexibility index (Phi) is 2.61. The van der Waals surface area contributed by atoms with Crippen LogP contribution < -0.4 is 0 Å². The highest BCUT2D eigenvalue weighted by molar-refractivity contribution is 6.00. The van der Waals surface area contributed by atoms with Crippen LogP contribution in [0.25, 0.3) is 0 Å². The summed E-state index contributed by atoms with van der Waals surface area (Å²) in [6, 6.07) is 0. The van der Waals surface area contributed by atoms with Crippen LogP contribution in [0.2, 0.25) is 0 Å². The lowest BCUT2D eigenvalue weighted by atomic mass is 9.50. The molecule has 3 fully saturated rings. The van der Waals surface area contributed by atoms with E-state index in [2.05, 4.69) is 20.8 Å². The smallest absolute Gasteiger partial charge is 0.159 e. The SMILES string of the molecule is CC1=C2CC3CCC(C4CCCC4)C2(CC1=O)C3(C)C. The number of Topliss-reactive ketones (excluding diaryl/α,β-unsaturated/α-hetero) is 1. The van der Waals surface area contributed by atoms with Crippen molar-refractivity contribution in [3.05, 3.63) is 11.1 Å². The highest BCUT2D eigenvalue weighted by Crippen LogP contribution is 2.73. The van der Waals surface area contributed by atoms with Crippen LogP contribution in [0.15, 0.2) is 11.1 Å². The molecule has 20 heavy (non-hydrogen) atoms. The topological polar surface area (TPSA) is 17.1 Å². The Morgan fingerprint density at radius 1 is 1.05 bits per heavy atom. The summed E-state index contributed by atoms with van der Waals surface area (Å²) < 4.78 is 0. The minimum absolute atomic E-state index is 0.256. The maximum atomic E-state index is 12.5. The number of hydrogen-bond acceptors (Lipinski definition) is 1. The van der Waals surface area contributed by atoms with E-state index in [0.29, 0.717) is 11.2 Å². The fraction of sp³-hybridized carbons (Fsp3) is 0.842. The first-order valence-corrected chi connectivity index (χ1v) is 8.72. The summed E-state index contributed by atoms with van der Waals surface area (Å²) in [6.45, 7) is 7.09. The predicted octanol–water partition coefficient (Wildman–Crippen LogP) is 4.91. The molecule has 1 nitrogen and oxygen atoms in total. The van der Waals surface area contributed by atoms with Gasteiger partial charge in [0, 0.05) is 11.8 Å². The number of allylic oxidation sites excluding steroid dienone is 2. The van der Waals surface area contributed by atoms with Gasteiger partial charge in [0.15, 0.2) is 5.78 Å². The van der Waals surface area contributed by atoms with Gasteiger partial charge in [-0.25, -0.2) is 0 Å². The summed E-state index contributed by atoms with van der Waals surface area (Å²) in [4.78, 5) is 12.5. The van der Waals surface area contributed by atoms with E-state index in [-0.39, 0.29) is 5.41 Å². The summed E-state index contributed by atoms with van der Waals surface area (Å²) in [5, 5.41) is 0. The third-order valence-electron chi connectivity index (χ3n) is 7.90. The first kappa shape index (κ1) is 13.1. The molecule has 0 radical (unpaired) electrons. The van der Waals surface area contributed by atoms with Crippen LogP contribution in [-0.4, -0.2) is 5.78 Å². The summed E-state index contributed by atoms with van der Waals surface area (Å²) >= 11 is 0. The fourth-order valence-corrected chi connectivity index (χ4v) is 6.73. The van der Waals surface area contributed by atoms with Crippen LogP contribution in [-0.2, 0) is 4.79 Å². The van der Waals surface area contributed by atoms with E-state index >= 15 is 0 Å². The second-order valence-electron chi connectivity index (χ2n) is 8.53. The lowest BCUT2D eigenvalue weighted by molar-refractivity contribution is -0.121. The molecular formula is C19H28O. The average Bonchev–Trinajstić information content (AvgIpc) is 3.01. The van der Waals surface area contributed by atoms with Gasteiger partial charge in [-0.3, -0.25) is 4.79 Å². The summed E-state index contributed by atoms with van der Waals surface area (Å²) in [5.74, 6) is 3.01. The van der Waals surface area contributed by atoms with E-state index in [1.807, 2.05) is 0 Å². The van der Waals surface area contributed by atoms with Crippen molar-refractivity contribution in [2.24, 2.45) is 28.6 Å². The van der Waals surface area contributed by atoms with Crippen LogP contribution in [0.1, 0.15) is 72.1 Å². The molecular weight excluding hydrogens is 244 g/mol. The zero-order valence-corrected chi connectivity index (χ0v) is 13.3. The number of rotatable bonds is 1. The van der Waals surface area contributed by atoms with Gasteiger partial charge in [-0.15, -0.1) is 0 Å². The quantitative estimate of drug-likeness (QED) is 0.663. The molecule has 4 aliphatic carbocycles. The van der Waals surface area contributed by atoms with Crippen molar-refractivity contribution in [3.8, 4) is 0 Å². The molecule has 3 atom stereocenters. The van der Waals surface area contributed by atoms with Crippen molar-refractivity contribution in [1.29, 1.82) is 0 Å². The van der Waals surface area contributed by atoms with Crippen molar-refractivity contribution >= 4 is 5.78 Å². The largest absolute Gasteiger partial charge is 0.295 e. The standard InChI is InChI=1S/C19H28O/c1-12-16-10-14-8-9-15(13-6-4-5-7-13)19(16,11-17(12)20)18(14,2)3/h13-15H,4-11H2,1-3H3. The van der Waals surface area contributed by atoms with Crippen LogP contribution in [0.3, 0.4) is 0 Å². The molecule has 1 heteroatoms. The second-order valence-corrected chi connectivity index (χ2v) is 8.53.